The summed E-state index contributed by atoms with van der Waals surface area (Å²) in [5.74, 6) is 1.99. The number of rotatable bonds is 7. The Morgan fingerprint density at radius 1 is 1.47 bits per heavy atom. The molecule has 0 aromatic heterocycles. The first-order valence-electron chi connectivity index (χ1n) is 6.13. The molecule has 86 valence electrons. The summed E-state index contributed by atoms with van der Waals surface area (Å²) in [4.78, 5) is 11.4. The largest absolute Gasteiger partial charge is 0.381 e. The number of nitrogens with one attached hydrogen (secondary N) is 1. The standard InChI is InChI=1S/C12H21NO2/c1-9-7-11(9)12(14)13-5-2-6-15-8-10-3-4-10/h9-11H,2-8H2,1H3,(H,13,14)/t9-,11-/m0/s1. The normalized spacial score (nSPS) is 28.9. The second-order valence-electron chi connectivity index (χ2n) is 4.98. The molecule has 0 aliphatic heterocycles. The monoisotopic (exact) mass is 211 g/mol. The average Bonchev–Trinajstić information content (AvgIpc) is 3.07. The molecule has 3 heteroatoms. The lowest BCUT2D eigenvalue weighted by Gasteiger charge is -2.05. The van der Waals surface area contributed by atoms with Crippen LogP contribution in [0.5, 0.6) is 0 Å². The lowest BCUT2D eigenvalue weighted by molar-refractivity contribution is -0.122. The molecule has 2 saturated carbocycles. The number of amides is 1. The van der Waals surface area contributed by atoms with Crippen LogP contribution in [0.2, 0.25) is 0 Å². The summed E-state index contributed by atoms with van der Waals surface area (Å²) >= 11 is 0. The van der Waals surface area contributed by atoms with Gasteiger partial charge in [0.15, 0.2) is 0 Å². The lowest BCUT2D eigenvalue weighted by Crippen LogP contribution is -2.27. The van der Waals surface area contributed by atoms with Gasteiger partial charge in [-0.25, -0.2) is 0 Å². The maximum atomic E-state index is 11.4. The van der Waals surface area contributed by atoms with E-state index < -0.39 is 0 Å². The SMILES string of the molecule is C[C@H]1C[C@@H]1C(=O)NCCCOCC1CC1. The number of carbonyl (C=O) groups is 1. The van der Waals surface area contributed by atoms with Gasteiger partial charge in [-0.15, -0.1) is 0 Å². The van der Waals surface area contributed by atoms with E-state index >= 15 is 0 Å². The fourth-order valence-electron chi connectivity index (χ4n) is 1.74. The van der Waals surface area contributed by atoms with Crippen molar-refractivity contribution in [2.45, 2.75) is 32.6 Å². The minimum absolute atomic E-state index is 0.240. The summed E-state index contributed by atoms with van der Waals surface area (Å²) < 4.78 is 5.49. The Hall–Kier alpha value is -0.570. The average molecular weight is 211 g/mol. The summed E-state index contributed by atoms with van der Waals surface area (Å²) in [7, 11) is 0. The van der Waals surface area contributed by atoms with E-state index in [2.05, 4.69) is 12.2 Å². The Bertz CT molecular complexity index is 226. The van der Waals surface area contributed by atoms with Gasteiger partial charge in [0.2, 0.25) is 5.91 Å². The molecule has 3 nitrogen and oxygen atoms in total. The van der Waals surface area contributed by atoms with Crippen molar-refractivity contribution < 1.29 is 9.53 Å². The van der Waals surface area contributed by atoms with Gasteiger partial charge in [0, 0.05) is 25.7 Å². The second kappa shape index (κ2) is 4.97. The highest BCUT2D eigenvalue weighted by atomic mass is 16.5. The Morgan fingerprint density at radius 3 is 2.80 bits per heavy atom. The van der Waals surface area contributed by atoms with Crippen molar-refractivity contribution in [3.8, 4) is 0 Å². The first-order chi connectivity index (χ1) is 7.27. The molecule has 0 radical (unpaired) electrons. The van der Waals surface area contributed by atoms with Crippen molar-refractivity contribution in [2.24, 2.45) is 17.8 Å². The zero-order chi connectivity index (χ0) is 10.7. The van der Waals surface area contributed by atoms with Crippen LogP contribution in [-0.2, 0) is 9.53 Å². The van der Waals surface area contributed by atoms with Crippen LogP contribution in [0.25, 0.3) is 0 Å². The van der Waals surface area contributed by atoms with Gasteiger partial charge < -0.3 is 10.1 Å². The molecule has 2 atom stereocenters. The van der Waals surface area contributed by atoms with Crippen LogP contribution in [0.1, 0.15) is 32.6 Å². The number of ether oxygens (including phenoxy) is 1. The molecule has 2 rings (SSSR count). The Labute approximate surface area is 91.6 Å². The van der Waals surface area contributed by atoms with Crippen LogP contribution >= 0.6 is 0 Å². The summed E-state index contributed by atoms with van der Waals surface area (Å²) in [6.45, 7) is 4.61. The smallest absolute Gasteiger partial charge is 0.223 e. The van der Waals surface area contributed by atoms with Gasteiger partial charge in [0.1, 0.15) is 0 Å². The molecule has 0 unspecified atom stereocenters. The van der Waals surface area contributed by atoms with E-state index in [9.17, 15) is 4.79 Å². The highest BCUT2D eigenvalue weighted by Gasteiger charge is 2.38. The topological polar surface area (TPSA) is 38.3 Å². The van der Waals surface area contributed by atoms with Crippen LogP contribution < -0.4 is 5.32 Å². The van der Waals surface area contributed by atoms with Gasteiger partial charge >= 0.3 is 0 Å². The second-order valence-corrected chi connectivity index (χ2v) is 4.98. The minimum atomic E-state index is 0.240. The van der Waals surface area contributed by atoms with Crippen LogP contribution in [0, 0.1) is 17.8 Å². The van der Waals surface area contributed by atoms with Gasteiger partial charge in [0.25, 0.3) is 0 Å². The molecule has 0 heterocycles. The first kappa shape index (κ1) is 10.9. The zero-order valence-electron chi connectivity index (χ0n) is 9.50. The summed E-state index contributed by atoms with van der Waals surface area (Å²) in [6, 6.07) is 0. The van der Waals surface area contributed by atoms with Gasteiger partial charge in [-0.1, -0.05) is 6.92 Å². The van der Waals surface area contributed by atoms with E-state index in [1.54, 1.807) is 0 Å². The van der Waals surface area contributed by atoms with Gasteiger partial charge in [0.05, 0.1) is 0 Å². The Balaban J connectivity index is 1.39. The van der Waals surface area contributed by atoms with Crippen LogP contribution in [0.4, 0.5) is 0 Å². The third kappa shape index (κ3) is 3.82. The maximum absolute atomic E-state index is 11.4. The fourth-order valence-corrected chi connectivity index (χ4v) is 1.74. The first-order valence-corrected chi connectivity index (χ1v) is 6.13. The highest BCUT2D eigenvalue weighted by molar-refractivity contribution is 5.81. The zero-order valence-corrected chi connectivity index (χ0v) is 9.50. The molecule has 0 aromatic rings. The third-order valence-corrected chi connectivity index (χ3v) is 3.26. The molecular formula is C12H21NO2. The van der Waals surface area contributed by atoms with E-state index in [-0.39, 0.29) is 5.91 Å². The Kier molecular flexibility index (Phi) is 3.62. The minimum Gasteiger partial charge on any atom is -0.381 e. The molecule has 1 amide bonds. The molecular weight excluding hydrogens is 190 g/mol. The van der Waals surface area contributed by atoms with E-state index in [4.69, 9.17) is 4.74 Å². The van der Waals surface area contributed by atoms with Crippen molar-refractivity contribution >= 4 is 5.91 Å². The molecule has 0 saturated heterocycles. The number of hydrogen-bond donors (Lipinski definition) is 1. The van der Waals surface area contributed by atoms with E-state index in [1.807, 2.05) is 0 Å². The quantitative estimate of drug-likeness (QED) is 0.649. The Morgan fingerprint density at radius 2 is 2.20 bits per heavy atom. The van der Waals surface area contributed by atoms with Gasteiger partial charge in [-0.05, 0) is 37.5 Å². The molecule has 2 fully saturated rings. The van der Waals surface area contributed by atoms with Crippen LogP contribution in [0.3, 0.4) is 0 Å². The van der Waals surface area contributed by atoms with E-state index in [1.165, 1.54) is 12.8 Å². The molecule has 2 aliphatic rings. The van der Waals surface area contributed by atoms with E-state index in [0.29, 0.717) is 11.8 Å². The molecule has 0 spiro atoms. The van der Waals surface area contributed by atoms with Gasteiger partial charge in [-0.3, -0.25) is 4.79 Å². The highest BCUT2D eigenvalue weighted by Crippen LogP contribution is 2.37. The summed E-state index contributed by atoms with van der Waals surface area (Å²) in [6.07, 6.45) is 4.70. The van der Waals surface area contributed by atoms with Crippen LogP contribution in [-0.4, -0.2) is 25.7 Å². The molecule has 15 heavy (non-hydrogen) atoms. The van der Waals surface area contributed by atoms with Crippen molar-refractivity contribution in [1.82, 2.24) is 5.32 Å². The van der Waals surface area contributed by atoms with E-state index in [0.717, 1.165) is 38.5 Å². The van der Waals surface area contributed by atoms with Crippen molar-refractivity contribution in [2.75, 3.05) is 19.8 Å². The van der Waals surface area contributed by atoms with Crippen molar-refractivity contribution in [3.63, 3.8) is 0 Å². The van der Waals surface area contributed by atoms with Crippen molar-refractivity contribution in [1.29, 1.82) is 0 Å². The van der Waals surface area contributed by atoms with Crippen LogP contribution in [0.15, 0.2) is 0 Å². The van der Waals surface area contributed by atoms with Gasteiger partial charge in [-0.2, -0.15) is 0 Å². The molecule has 1 N–H and O–H groups in total. The number of carbonyl (C=O) groups excluding carboxylic acids is 1. The van der Waals surface area contributed by atoms with Crippen molar-refractivity contribution in [3.05, 3.63) is 0 Å². The lowest BCUT2D eigenvalue weighted by atomic mass is 10.3. The fraction of sp³-hybridized carbons (Fsp3) is 0.917. The maximum Gasteiger partial charge on any atom is 0.223 e. The summed E-state index contributed by atoms with van der Waals surface area (Å²) in [5, 5.41) is 2.96. The molecule has 0 aromatic carbocycles. The summed E-state index contributed by atoms with van der Waals surface area (Å²) in [5.41, 5.74) is 0. The predicted octanol–water partition coefficient (Wildman–Crippen LogP) is 1.58. The molecule has 2 aliphatic carbocycles. The predicted molar refractivity (Wildman–Crippen MR) is 58.4 cm³/mol. The number of hydrogen-bond acceptors (Lipinski definition) is 2. The molecule has 0 bridgehead atoms. The third-order valence-electron chi connectivity index (χ3n) is 3.26.